The Morgan fingerprint density at radius 1 is 0.911 bits per heavy atom. The van der Waals surface area contributed by atoms with Crippen LogP contribution < -0.4 is 9.62 Å². The largest absolute Gasteiger partial charge is 0.469 e. The minimum Gasteiger partial charge on any atom is -0.469 e. The molecule has 1 heterocycles. The molecule has 0 bridgehead atoms. The summed E-state index contributed by atoms with van der Waals surface area (Å²) in [5.74, 6) is -1.08. The molecule has 0 spiro atoms. The van der Waals surface area contributed by atoms with Crippen LogP contribution in [0.15, 0.2) is 108 Å². The van der Waals surface area contributed by atoms with Gasteiger partial charge >= 0.3 is 12.1 Å². The zero-order valence-electron chi connectivity index (χ0n) is 24.3. The number of para-hydroxylation sites is 1. The van der Waals surface area contributed by atoms with E-state index in [0.717, 1.165) is 22.0 Å². The number of amides is 1. The normalized spacial score (nSPS) is 15.3. The van der Waals surface area contributed by atoms with Gasteiger partial charge in [0.25, 0.3) is 10.0 Å². The lowest BCUT2D eigenvalue weighted by Crippen LogP contribution is -2.48. The average molecular weight is 637 g/mol. The summed E-state index contributed by atoms with van der Waals surface area (Å²) in [5.41, 5.74) is 1.88. The van der Waals surface area contributed by atoms with Crippen molar-refractivity contribution in [3.05, 3.63) is 120 Å². The number of anilines is 1. The number of carbonyl (C=O) groups is 2. The van der Waals surface area contributed by atoms with E-state index in [2.05, 4.69) is 5.32 Å². The molecule has 7 nitrogen and oxygen atoms in total. The van der Waals surface area contributed by atoms with Crippen LogP contribution in [0.25, 0.3) is 11.1 Å². The van der Waals surface area contributed by atoms with Crippen LogP contribution in [-0.2, 0) is 36.9 Å². The predicted molar refractivity (Wildman–Crippen MR) is 164 cm³/mol. The molecule has 234 valence electrons. The van der Waals surface area contributed by atoms with Gasteiger partial charge in [-0.25, -0.2) is 8.42 Å². The third-order valence-electron chi connectivity index (χ3n) is 7.88. The van der Waals surface area contributed by atoms with Gasteiger partial charge in [-0.2, -0.15) is 13.2 Å². The standard InChI is InChI=1S/C34H31F3N2O5S/c1-44-32(40)19-16-27(23-8-3-2-4-9-23)22-38-33(41)31-21-26-10-5-6-13-30(26)39(31)45(42,43)29-17-14-24(15-18-29)25-11-7-12-28(20-25)34(35,36)37/h2-15,17-18,20,27,31H,16,19,21-22H2,1H3,(H,38,41)/t27?,31-/m0/s1. The van der Waals surface area contributed by atoms with Gasteiger partial charge in [0.15, 0.2) is 0 Å². The van der Waals surface area contributed by atoms with Crippen molar-refractivity contribution < 1.29 is 35.9 Å². The molecule has 0 radical (unpaired) electrons. The number of nitrogens with zero attached hydrogens (tertiary/aromatic N) is 1. The molecule has 11 heteroatoms. The SMILES string of the molecule is COC(=O)CCC(CNC(=O)[C@@H]1Cc2ccccc2N1S(=O)(=O)c1ccc(-c2cccc(C(F)(F)F)c2)cc1)c1ccccc1. The number of fused-ring (bicyclic) bond motifs is 1. The Labute approximate surface area is 259 Å². The monoisotopic (exact) mass is 636 g/mol. The molecule has 0 saturated heterocycles. The molecule has 0 fully saturated rings. The van der Waals surface area contributed by atoms with Crippen LogP contribution in [0, 0.1) is 0 Å². The van der Waals surface area contributed by atoms with Crippen molar-refractivity contribution in [1.29, 1.82) is 0 Å². The van der Waals surface area contributed by atoms with Crippen LogP contribution in [0.3, 0.4) is 0 Å². The zero-order valence-corrected chi connectivity index (χ0v) is 25.1. The van der Waals surface area contributed by atoms with Crippen molar-refractivity contribution in [3.8, 4) is 11.1 Å². The summed E-state index contributed by atoms with van der Waals surface area (Å²) in [7, 11) is -2.95. The second-order valence-electron chi connectivity index (χ2n) is 10.7. The minimum atomic E-state index is -4.51. The smallest absolute Gasteiger partial charge is 0.416 e. The van der Waals surface area contributed by atoms with E-state index < -0.39 is 33.7 Å². The van der Waals surface area contributed by atoms with Crippen LogP contribution in [0.1, 0.15) is 35.4 Å². The second kappa shape index (κ2) is 13.2. The third-order valence-corrected chi connectivity index (χ3v) is 9.72. The Balaban J connectivity index is 1.39. The molecular weight excluding hydrogens is 605 g/mol. The molecule has 0 aliphatic carbocycles. The van der Waals surface area contributed by atoms with Crippen molar-refractivity contribution in [3.63, 3.8) is 0 Å². The zero-order chi connectivity index (χ0) is 32.2. The van der Waals surface area contributed by atoms with Crippen LogP contribution in [0.5, 0.6) is 0 Å². The number of methoxy groups -OCH3 is 1. The summed E-state index contributed by atoms with van der Waals surface area (Å²) in [5, 5.41) is 2.91. The summed E-state index contributed by atoms with van der Waals surface area (Å²) in [4.78, 5) is 25.4. The number of carbonyl (C=O) groups excluding carboxylic acids is 2. The van der Waals surface area contributed by atoms with E-state index in [-0.39, 0.29) is 41.7 Å². The lowest BCUT2D eigenvalue weighted by Gasteiger charge is -2.27. The number of halogens is 3. The van der Waals surface area contributed by atoms with E-state index in [9.17, 15) is 31.2 Å². The number of alkyl halides is 3. The predicted octanol–water partition coefficient (Wildman–Crippen LogP) is 6.35. The molecule has 0 aromatic heterocycles. The first-order valence-electron chi connectivity index (χ1n) is 14.3. The summed E-state index contributed by atoms with van der Waals surface area (Å²) in [6, 6.07) is 25.5. The lowest BCUT2D eigenvalue weighted by atomic mass is 9.94. The third kappa shape index (κ3) is 7.04. The molecule has 4 aromatic carbocycles. The maximum absolute atomic E-state index is 14.1. The highest BCUT2D eigenvalue weighted by Gasteiger charge is 2.42. The van der Waals surface area contributed by atoms with E-state index >= 15 is 0 Å². The Kier molecular flexibility index (Phi) is 9.29. The molecule has 1 aliphatic rings. The van der Waals surface area contributed by atoms with E-state index in [0.29, 0.717) is 23.2 Å². The Hall–Kier alpha value is -4.64. The first-order chi connectivity index (χ1) is 21.5. The van der Waals surface area contributed by atoms with Crippen LogP contribution in [-0.4, -0.2) is 40.0 Å². The molecule has 0 saturated carbocycles. The number of benzene rings is 4. The van der Waals surface area contributed by atoms with E-state index in [4.69, 9.17) is 4.74 Å². The second-order valence-corrected chi connectivity index (χ2v) is 12.5. The van der Waals surface area contributed by atoms with Crippen molar-refractivity contribution in [1.82, 2.24) is 5.32 Å². The van der Waals surface area contributed by atoms with Gasteiger partial charge < -0.3 is 10.1 Å². The molecule has 4 aromatic rings. The fourth-order valence-electron chi connectivity index (χ4n) is 5.51. The highest BCUT2D eigenvalue weighted by molar-refractivity contribution is 7.93. The molecule has 1 N–H and O–H groups in total. The Morgan fingerprint density at radius 3 is 2.29 bits per heavy atom. The molecule has 2 atom stereocenters. The lowest BCUT2D eigenvalue weighted by molar-refractivity contribution is -0.141. The molecule has 1 aliphatic heterocycles. The molecule has 1 unspecified atom stereocenters. The fraction of sp³-hybridized carbons (Fsp3) is 0.235. The van der Waals surface area contributed by atoms with Gasteiger partial charge in [-0.1, -0.05) is 72.8 Å². The van der Waals surface area contributed by atoms with E-state index in [1.54, 1.807) is 24.3 Å². The van der Waals surface area contributed by atoms with Crippen molar-refractivity contribution in [2.75, 3.05) is 18.0 Å². The quantitative estimate of drug-likeness (QED) is 0.205. The highest BCUT2D eigenvalue weighted by atomic mass is 32.2. The van der Waals surface area contributed by atoms with Crippen molar-refractivity contribution in [2.45, 2.75) is 42.3 Å². The van der Waals surface area contributed by atoms with Crippen molar-refractivity contribution >= 4 is 27.6 Å². The maximum atomic E-state index is 14.1. The van der Waals surface area contributed by atoms with Crippen LogP contribution >= 0.6 is 0 Å². The summed E-state index contributed by atoms with van der Waals surface area (Å²) in [6.07, 6.45) is -3.79. The molecule has 45 heavy (non-hydrogen) atoms. The number of hydrogen-bond donors (Lipinski definition) is 1. The van der Waals surface area contributed by atoms with Crippen LogP contribution in [0.4, 0.5) is 18.9 Å². The van der Waals surface area contributed by atoms with Crippen LogP contribution in [0.2, 0.25) is 0 Å². The van der Waals surface area contributed by atoms with E-state index in [1.165, 1.54) is 43.5 Å². The summed E-state index contributed by atoms with van der Waals surface area (Å²) < 4.78 is 73.7. The average Bonchev–Trinajstić information content (AvgIpc) is 3.45. The number of esters is 1. The van der Waals surface area contributed by atoms with Gasteiger partial charge in [0, 0.05) is 25.3 Å². The highest BCUT2D eigenvalue weighted by Crippen LogP contribution is 2.38. The number of nitrogens with one attached hydrogen (secondary N) is 1. The van der Waals surface area contributed by atoms with Gasteiger partial charge in [-0.15, -0.1) is 0 Å². The molecular formula is C34H31F3N2O5S. The Morgan fingerprint density at radius 2 is 1.60 bits per heavy atom. The summed E-state index contributed by atoms with van der Waals surface area (Å²) >= 11 is 0. The number of rotatable bonds is 10. The Bertz CT molecular complexity index is 1780. The fourth-order valence-corrected chi connectivity index (χ4v) is 7.16. The van der Waals surface area contributed by atoms with Gasteiger partial charge in [0.1, 0.15) is 6.04 Å². The van der Waals surface area contributed by atoms with Gasteiger partial charge in [0.2, 0.25) is 5.91 Å². The molecule has 1 amide bonds. The van der Waals surface area contributed by atoms with Gasteiger partial charge in [-0.05, 0) is 59.0 Å². The topological polar surface area (TPSA) is 92.8 Å². The summed E-state index contributed by atoms with van der Waals surface area (Å²) in [6.45, 7) is 0.173. The van der Waals surface area contributed by atoms with E-state index in [1.807, 2.05) is 30.3 Å². The first kappa shape index (κ1) is 31.8. The first-order valence-corrected chi connectivity index (χ1v) is 15.7. The number of hydrogen-bond acceptors (Lipinski definition) is 5. The maximum Gasteiger partial charge on any atom is 0.416 e. The van der Waals surface area contributed by atoms with Crippen molar-refractivity contribution in [2.24, 2.45) is 0 Å². The number of sulfonamides is 1. The number of ether oxygens (including phenoxy) is 1. The van der Waals surface area contributed by atoms with Gasteiger partial charge in [-0.3, -0.25) is 13.9 Å². The molecule has 5 rings (SSSR count). The van der Waals surface area contributed by atoms with Gasteiger partial charge in [0.05, 0.1) is 23.3 Å². The minimum absolute atomic E-state index is 0.104.